The average molecular weight is 291 g/mol. The summed E-state index contributed by atoms with van der Waals surface area (Å²) in [4.78, 5) is 25.6. The Labute approximate surface area is 123 Å². The number of nitrogens with one attached hydrogen (secondary N) is 1. The van der Waals surface area contributed by atoms with E-state index < -0.39 is 6.04 Å². The number of aromatic nitrogens is 3. The van der Waals surface area contributed by atoms with Crippen LogP contribution in [0.3, 0.4) is 0 Å². The molecule has 0 bridgehead atoms. The van der Waals surface area contributed by atoms with Gasteiger partial charge < -0.3 is 5.32 Å². The summed E-state index contributed by atoms with van der Waals surface area (Å²) >= 11 is 0. The van der Waals surface area contributed by atoms with Gasteiger partial charge in [-0.05, 0) is 32.6 Å². The van der Waals surface area contributed by atoms with Gasteiger partial charge in [-0.1, -0.05) is 11.6 Å². The normalized spacial score (nSPS) is 22.8. The highest BCUT2D eigenvalue weighted by molar-refractivity contribution is 6.04. The Kier molecular flexibility index (Phi) is 3.65. The Balaban J connectivity index is 1.63. The molecular weight excluding hydrogens is 270 g/mol. The van der Waals surface area contributed by atoms with Crippen LogP contribution in [0.15, 0.2) is 6.20 Å². The zero-order valence-corrected chi connectivity index (χ0v) is 12.5. The number of carbonyl (C=O) groups excluding carboxylic acids is 2. The van der Waals surface area contributed by atoms with Gasteiger partial charge in [-0.15, -0.1) is 5.10 Å². The largest absolute Gasteiger partial charge is 0.325 e. The molecule has 1 saturated heterocycles. The minimum absolute atomic E-state index is 0.133. The smallest absolute Gasteiger partial charge is 0.324 e. The fourth-order valence-electron chi connectivity index (χ4n) is 2.69. The molecule has 7 nitrogen and oxygen atoms in total. The van der Waals surface area contributed by atoms with E-state index in [2.05, 4.69) is 15.6 Å². The van der Waals surface area contributed by atoms with Crippen molar-refractivity contribution in [2.45, 2.75) is 51.6 Å². The number of hydrogen-bond acceptors (Lipinski definition) is 4. The second kappa shape index (κ2) is 5.46. The van der Waals surface area contributed by atoms with E-state index in [1.165, 1.54) is 11.3 Å². The van der Waals surface area contributed by atoms with Crippen molar-refractivity contribution in [3.05, 3.63) is 11.9 Å². The summed E-state index contributed by atoms with van der Waals surface area (Å²) in [5.41, 5.74) is 0.729. The molecule has 0 radical (unpaired) electrons. The maximum Gasteiger partial charge on any atom is 0.324 e. The molecule has 1 saturated carbocycles. The van der Waals surface area contributed by atoms with Gasteiger partial charge in [-0.2, -0.15) is 0 Å². The molecule has 1 aromatic heterocycles. The van der Waals surface area contributed by atoms with Gasteiger partial charge in [0.2, 0.25) is 0 Å². The second-order valence-corrected chi connectivity index (χ2v) is 6.24. The van der Waals surface area contributed by atoms with E-state index in [0.717, 1.165) is 18.5 Å². The number of urea groups is 1. The number of carbonyl (C=O) groups is 2. The first-order chi connectivity index (χ1) is 10.0. The zero-order chi connectivity index (χ0) is 15.0. The number of amides is 3. The highest BCUT2D eigenvalue weighted by atomic mass is 16.2. The molecule has 1 aliphatic heterocycles. The highest BCUT2D eigenvalue weighted by Crippen LogP contribution is 2.28. The summed E-state index contributed by atoms with van der Waals surface area (Å²) in [5, 5.41) is 10.8. The van der Waals surface area contributed by atoms with Crippen LogP contribution < -0.4 is 5.32 Å². The van der Waals surface area contributed by atoms with Crippen molar-refractivity contribution in [2.24, 2.45) is 5.92 Å². The van der Waals surface area contributed by atoms with Crippen LogP contribution in [0.4, 0.5) is 4.79 Å². The van der Waals surface area contributed by atoms with E-state index in [9.17, 15) is 9.59 Å². The molecule has 0 aromatic carbocycles. The molecule has 1 atom stereocenters. The van der Waals surface area contributed by atoms with Crippen molar-refractivity contribution in [3.63, 3.8) is 0 Å². The van der Waals surface area contributed by atoms with E-state index in [1.54, 1.807) is 4.68 Å². The standard InChI is InChI=1S/C14H21N5O2/c1-9(2)19-8-11(16-17-19)6-12-13(20)18(14(21)15-12)7-10-4-3-5-10/h8-10,12H,3-7H2,1-2H3,(H,15,21)/t12-/m1/s1. The number of nitrogens with zero attached hydrogens (tertiary/aromatic N) is 4. The molecule has 2 heterocycles. The molecule has 1 N–H and O–H groups in total. The summed E-state index contributed by atoms with van der Waals surface area (Å²) in [5.74, 6) is 0.353. The second-order valence-electron chi connectivity index (χ2n) is 6.24. The molecular formula is C14H21N5O2. The van der Waals surface area contributed by atoms with E-state index in [0.29, 0.717) is 18.9 Å². The van der Waals surface area contributed by atoms with Gasteiger partial charge >= 0.3 is 6.03 Å². The maximum absolute atomic E-state index is 12.3. The third-order valence-electron chi connectivity index (χ3n) is 4.27. The maximum atomic E-state index is 12.3. The molecule has 21 heavy (non-hydrogen) atoms. The lowest BCUT2D eigenvalue weighted by molar-refractivity contribution is -0.128. The summed E-state index contributed by atoms with van der Waals surface area (Å²) in [6.07, 6.45) is 5.67. The van der Waals surface area contributed by atoms with Gasteiger partial charge in [-0.25, -0.2) is 9.48 Å². The number of imide groups is 1. The quantitative estimate of drug-likeness (QED) is 0.824. The molecule has 1 aromatic rings. The Morgan fingerprint density at radius 1 is 1.38 bits per heavy atom. The van der Waals surface area contributed by atoms with Crippen LogP contribution in [0.2, 0.25) is 0 Å². The van der Waals surface area contributed by atoms with Crippen LogP contribution in [0.5, 0.6) is 0 Å². The van der Waals surface area contributed by atoms with Crippen LogP contribution in [0.1, 0.15) is 44.8 Å². The SMILES string of the molecule is CC(C)n1cc(C[C@H]2NC(=O)N(CC3CCC3)C2=O)nn1. The Morgan fingerprint density at radius 3 is 2.71 bits per heavy atom. The van der Waals surface area contributed by atoms with E-state index in [4.69, 9.17) is 0 Å². The Hall–Kier alpha value is -1.92. The number of rotatable bonds is 5. The fraction of sp³-hybridized carbons (Fsp3) is 0.714. The minimum Gasteiger partial charge on any atom is -0.325 e. The predicted molar refractivity (Wildman–Crippen MR) is 75.5 cm³/mol. The van der Waals surface area contributed by atoms with Crippen LogP contribution >= 0.6 is 0 Å². The van der Waals surface area contributed by atoms with Crippen molar-refractivity contribution < 1.29 is 9.59 Å². The van der Waals surface area contributed by atoms with Gasteiger partial charge in [0.15, 0.2) is 0 Å². The lowest BCUT2D eigenvalue weighted by Crippen LogP contribution is -2.38. The molecule has 3 amide bonds. The molecule has 7 heteroatoms. The molecule has 0 unspecified atom stereocenters. The molecule has 3 rings (SSSR count). The first-order valence-electron chi connectivity index (χ1n) is 7.57. The first-order valence-corrected chi connectivity index (χ1v) is 7.57. The fourth-order valence-corrected chi connectivity index (χ4v) is 2.69. The van der Waals surface area contributed by atoms with E-state index in [-0.39, 0.29) is 18.0 Å². The van der Waals surface area contributed by atoms with Gasteiger partial charge in [0.25, 0.3) is 5.91 Å². The lowest BCUT2D eigenvalue weighted by atomic mass is 9.85. The lowest BCUT2D eigenvalue weighted by Gasteiger charge is -2.28. The van der Waals surface area contributed by atoms with E-state index >= 15 is 0 Å². The van der Waals surface area contributed by atoms with Crippen molar-refractivity contribution in [3.8, 4) is 0 Å². The van der Waals surface area contributed by atoms with Crippen molar-refractivity contribution in [1.82, 2.24) is 25.2 Å². The average Bonchev–Trinajstić information content (AvgIpc) is 2.93. The summed E-state index contributed by atoms with van der Waals surface area (Å²) in [7, 11) is 0. The Morgan fingerprint density at radius 2 is 2.14 bits per heavy atom. The van der Waals surface area contributed by atoms with Crippen molar-refractivity contribution in [1.29, 1.82) is 0 Å². The molecule has 2 fully saturated rings. The van der Waals surface area contributed by atoms with Gasteiger partial charge in [0, 0.05) is 25.2 Å². The summed E-state index contributed by atoms with van der Waals surface area (Å²) in [6.45, 7) is 4.59. The van der Waals surface area contributed by atoms with Gasteiger partial charge in [0.05, 0.1) is 5.69 Å². The van der Waals surface area contributed by atoms with Crippen molar-refractivity contribution in [2.75, 3.05) is 6.54 Å². The van der Waals surface area contributed by atoms with Crippen LogP contribution in [0, 0.1) is 5.92 Å². The third kappa shape index (κ3) is 2.77. The molecule has 2 aliphatic rings. The highest BCUT2D eigenvalue weighted by Gasteiger charge is 2.40. The van der Waals surface area contributed by atoms with Crippen LogP contribution in [-0.4, -0.2) is 44.4 Å². The Bertz CT molecular complexity index is 549. The summed E-state index contributed by atoms with van der Waals surface area (Å²) in [6, 6.07) is -0.543. The monoisotopic (exact) mass is 291 g/mol. The molecule has 1 aliphatic carbocycles. The topological polar surface area (TPSA) is 80.1 Å². The molecule has 0 spiro atoms. The van der Waals surface area contributed by atoms with Crippen LogP contribution in [0.25, 0.3) is 0 Å². The minimum atomic E-state index is -0.505. The summed E-state index contributed by atoms with van der Waals surface area (Å²) < 4.78 is 1.75. The number of hydrogen-bond donors (Lipinski definition) is 1. The van der Waals surface area contributed by atoms with E-state index in [1.807, 2.05) is 20.0 Å². The van der Waals surface area contributed by atoms with Crippen molar-refractivity contribution >= 4 is 11.9 Å². The van der Waals surface area contributed by atoms with Gasteiger partial charge in [0.1, 0.15) is 6.04 Å². The predicted octanol–water partition coefficient (Wildman–Crippen LogP) is 1.12. The van der Waals surface area contributed by atoms with Crippen LogP contribution in [-0.2, 0) is 11.2 Å². The first kappa shape index (κ1) is 14.0. The zero-order valence-electron chi connectivity index (χ0n) is 12.5. The third-order valence-corrected chi connectivity index (χ3v) is 4.27. The molecule has 114 valence electrons. The van der Waals surface area contributed by atoms with Gasteiger partial charge in [-0.3, -0.25) is 9.69 Å².